The number of carboxylic acid groups (broad SMARTS) is 2. The van der Waals surface area contributed by atoms with Gasteiger partial charge in [0.15, 0.2) is 0 Å². The molecule has 0 saturated carbocycles. The van der Waals surface area contributed by atoms with Gasteiger partial charge >= 0.3 is 11.9 Å². The molecule has 4 rings (SSSR count). The molecule has 0 spiro atoms. The lowest BCUT2D eigenvalue weighted by molar-refractivity contribution is 0.0686. The molecule has 14 heteroatoms. The van der Waals surface area contributed by atoms with Crippen LogP contribution in [0.15, 0.2) is 116 Å². The predicted molar refractivity (Wildman–Crippen MR) is 156 cm³/mol. The molecule has 4 aromatic rings. The first-order valence-electron chi connectivity index (χ1n) is 12.9. The Morgan fingerprint density at radius 2 is 1.30 bits per heavy atom. The smallest absolute Gasteiger partial charge is 0.335 e. The highest BCUT2D eigenvalue weighted by Crippen LogP contribution is 2.29. The number of hydrogen-bond acceptors (Lipinski definition) is 10. The largest absolute Gasteiger partial charge is 0.483 e. The SMILES string of the molecule is O=C(O)c1cccc(N=NCc2ccccc2OC(CO)c2ccc(S(=O)(=O)O)c(CN=Nc3cccc(C(=O)O)c3)c2)c1. The Bertz CT molecular complexity index is 1840. The maximum absolute atomic E-state index is 12.0. The van der Waals surface area contributed by atoms with Crippen molar-refractivity contribution >= 4 is 33.4 Å². The van der Waals surface area contributed by atoms with Crippen LogP contribution in [0.2, 0.25) is 0 Å². The molecule has 0 saturated heterocycles. The van der Waals surface area contributed by atoms with Crippen LogP contribution in [0.4, 0.5) is 11.4 Å². The lowest BCUT2D eigenvalue weighted by Gasteiger charge is -2.20. The molecule has 226 valence electrons. The highest BCUT2D eigenvalue weighted by atomic mass is 32.2. The number of para-hydroxylation sites is 1. The minimum Gasteiger partial charge on any atom is -0.483 e. The van der Waals surface area contributed by atoms with E-state index in [0.29, 0.717) is 22.6 Å². The summed E-state index contributed by atoms with van der Waals surface area (Å²) in [5, 5.41) is 44.7. The van der Waals surface area contributed by atoms with Crippen LogP contribution in [0.25, 0.3) is 0 Å². The number of azo groups is 2. The summed E-state index contributed by atoms with van der Waals surface area (Å²) >= 11 is 0. The Kier molecular flexibility index (Phi) is 10.2. The zero-order valence-electron chi connectivity index (χ0n) is 22.9. The van der Waals surface area contributed by atoms with E-state index in [2.05, 4.69) is 20.5 Å². The molecule has 4 aromatic carbocycles. The lowest BCUT2D eigenvalue weighted by atomic mass is 10.1. The number of aliphatic hydroxyl groups is 1. The Morgan fingerprint density at radius 3 is 1.84 bits per heavy atom. The standard InChI is InChI=1S/C30H26N4O9S/c35-18-27(43-26-10-2-1-5-22(26)16-31-33-24-8-3-6-20(14-24)29(36)37)19-11-12-28(44(40,41)42)23(13-19)17-32-34-25-9-4-7-21(15-25)30(38)39/h1-15,27,35H,16-18H2,(H,36,37)(H,38,39)(H,40,41,42). The van der Waals surface area contributed by atoms with Crippen LogP contribution >= 0.6 is 0 Å². The number of carbonyl (C=O) groups is 2. The maximum atomic E-state index is 12.0. The van der Waals surface area contributed by atoms with Gasteiger partial charge in [0.25, 0.3) is 10.1 Å². The predicted octanol–water partition coefficient (Wildman–Crippen LogP) is 6.01. The molecule has 0 amide bonds. The van der Waals surface area contributed by atoms with Crippen LogP contribution in [0.5, 0.6) is 5.75 Å². The monoisotopic (exact) mass is 618 g/mol. The molecule has 0 aliphatic carbocycles. The highest BCUT2D eigenvalue weighted by molar-refractivity contribution is 7.85. The fourth-order valence-corrected chi connectivity index (χ4v) is 4.77. The number of carboxylic acids is 2. The van der Waals surface area contributed by atoms with Crippen LogP contribution in [-0.4, -0.2) is 46.8 Å². The van der Waals surface area contributed by atoms with Gasteiger partial charge in [-0.25, -0.2) is 9.59 Å². The van der Waals surface area contributed by atoms with Gasteiger partial charge in [0.05, 0.1) is 47.1 Å². The summed E-state index contributed by atoms with van der Waals surface area (Å²) in [6.45, 7) is -0.716. The summed E-state index contributed by atoms with van der Waals surface area (Å²) in [6, 6.07) is 22.5. The van der Waals surface area contributed by atoms with Crippen molar-refractivity contribution in [2.24, 2.45) is 20.5 Å². The van der Waals surface area contributed by atoms with Gasteiger partial charge in [0.2, 0.25) is 0 Å². The van der Waals surface area contributed by atoms with E-state index in [0.717, 1.165) is 6.07 Å². The quantitative estimate of drug-likeness (QED) is 0.102. The molecular weight excluding hydrogens is 592 g/mol. The van der Waals surface area contributed by atoms with Gasteiger partial charge in [-0.3, -0.25) is 4.55 Å². The summed E-state index contributed by atoms with van der Waals surface area (Å²) in [5.74, 6) is -1.87. The third kappa shape index (κ3) is 8.38. The molecule has 0 aromatic heterocycles. The van der Waals surface area contributed by atoms with Crippen molar-refractivity contribution in [3.05, 3.63) is 119 Å². The molecule has 0 fully saturated rings. The van der Waals surface area contributed by atoms with E-state index < -0.39 is 39.7 Å². The van der Waals surface area contributed by atoms with Gasteiger partial charge in [-0.15, -0.1) is 0 Å². The van der Waals surface area contributed by atoms with Crippen molar-refractivity contribution in [1.82, 2.24) is 0 Å². The van der Waals surface area contributed by atoms with Gasteiger partial charge in [0, 0.05) is 5.56 Å². The lowest BCUT2D eigenvalue weighted by Crippen LogP contribution is -2.14. The molecule has 1 atom stereocenters. The number of hydrogen-bond donors (Lipinski definition) is 4. The third-order valence-corrected chi connectivity index (χ3v) is 7.14. The zero-order chi connectivity index (χ0) is 31.7. The molecule has 4 N–H and O–H groups in total. The maximum Gasteiger partial charge on any atom is 0.335 e. The van der Waals surface area contributed by atoms with Crippen LogP contribution in [0.3, 0.4) is 0 Å². The second-order valence-electron chi connectivity index (χ2n) is 9.25. The van der Waals surface area contributed by atoms with E-state index in [1.807, 2.05) is 0 Å². The van der Waals surface area contributed by atoms with E-state index in [9.17, 15) is 27.7 Å². The normalized spacial score (nSPS) is 12.4. The minimum atomic E-state index is -4.64. The Morgan fingerprint density at radius 1 is 0.727 bits per heavy atom. The Balaban J connectivity index is 1.55. The van der Waals surface area contributed by atoms with Crippen molar-refractivity contribution in [3.63, 3.8) is 0 Å². The molecule has 0 aliphatic rings. The van der Waals surface area contributed by atoms with E-state index in [1.54, 1.807) is 36.4 Å². The Labute approximate surface area is 251 Å². The topological polar surface area (TPSA) is 208 Å². The van der Waals surface area contributed by atoms with Crippen molar-refractivity contribution in [2.75, 3.05) is 6.61 Å². The number of rotatable bonds is 13. The number of ether oxygens (including phenoxy) is 1. The van der Waals surface area contributed by atoms with E-state index in [-0.39, 0.29) is 35.5 Å². The van der Waals surface area contributed by atoms with Gasteiger partial charge in [-0.05, 0) is 65.7 Å². The Hall–Kier alpha value is -5.31. The average molecular weight is 619 g/mol. The van der Waals surface area contributed by atoms with Crippen molar-refractivity contribution in [2.45, 2.75) is 24.1 Å². The summed E-state index contributed by atoms with van der Waals surface area (Å²) < 4.78 is 39.9. The summed E-state index contributed by atoms with van der Waals surface area (Å²) in [5.41, 5.74) is 1.71. The van der Waals surface area contributed by atoms with Gasteiger partial charge in [0.1, 0.15) is 11.9 Å². The van der Waals surface area contributed by atoms with Crippen molar-refractivity contribution in [3.8, 4) is 5.75 Å². The van der Waals surface area contributed by atoms with E-state index in [1.165, 1.54) is 48.5 Å². The number of nitrogens with zero attached hydrogens (tertiary/aromatic N) is 4. The molecule has 0 heterocycles. The molecule has 1 unspecified atom stereocenters. The van der Waals surface area contributed by atoms with E-state index in [4.69, 9.17) is 14.9 Å². The number of aromatic carboxylic acids is 2. The number of aliphatic hydroxyl groups excluding tert-OH is 1. The minimum absolute atomic E-state index is 0.000786. The first kappa shape index (κ1) is 31.6. The fourth-order valence-electron chi connectivity index (χ4n) is 4.08. The average Bonchev–Trinajstić information content (AvgIpc) is 3.00. The van der Waals surface area contributed by atoms with E-state index >= 15 is 0 Å². The zero-order valence-corrected chi connectivity index (χ0v) is 23.7. The summed E-state index contributed by atoms with van der Waals surface area (Å²) in [7, 11) is -4.64. The van der Waals surface area contributed by atoms with Gasteiger partial charge in [-0.1, -0.05) is 36.4 Å². The van der Waals surface area contributed by atoms with Crippen LogP contribution < -0.4 is 4.74 Å². The van der Waals surface area contributed by atoms with Crippen molar-refractivity contribution in [1.29, 1.82) is 0 Å². The van der Waals surface area contributed by atoms with Crippen LogP contribution in [0, 0.1) is 0 Å². The molecular formula is C30H26N4O9S. The first-order chi connectivity index (χ1) is 21.0. The molecule has 0 radical (unpaired) electrons. The van der Waals surface area contributed by atoms with Gasteiger partial charge in [-0.2, -0.15) is 28.9 Å². The summed E-state index contributed by atoms with van der Waals surface area (Å²) in [6.07, 6.45) is -0.960. The first-order valence-corrected chi connectivity index (χ1v) is 14.4. The second-order valence-corrected chi connectivity index (χ2v) is 10.6. The van der Waals surface area contributed by atoms with Gasteiger partial charge < -0.3 is 20.1 Å². The third-order valence-electron chi connectivity index (χ3n) is 6.18. The summed E-state index contributed by atoms with van der Waals surface area (Å²) in [4.78, 5) is 22.0. The molecule has 0 bridgehead atoms. The molecule has 0 aliphatic heterocycles. The fraction of sp³-hybridized carbons (Fsp3) is 0.133. The van der Waals surface area contributed by atoms with Crippen LogP contribution in [-0.2, 0) is 23.2 Å². The second kappa shape index (κ2) is 14.2. The molecule has 44 heavy (non-hydrogen) atoms. The highest BCUT2D eigenvalue weighted by Gasteiger charge is 2.20. The number of benzene rings is 4. The van der Waals surface area contributed by atoms with Crippen LogP contribution in [0.1, 0.15) is 43.5 Å². The van der Waals surface area contributed by atoms with Crippen molar-refractivity contribution < 1.29 is 42.6 Å². The molecule has 13 nitrogen and oxygen atoms in total.